The maximum atomic E-state index is 11.4. The number of rotatable bonds is 2. The molecule has 0 radical (unpaired) electrons. The second-order valence-corrected chi connectivity index (χ2v) is 4.79. The molecule has 3 nitrogen and oxygen atoms in total. The molecular weight excluding hydrogens is 186 g/mol. The summed E-state index contributed by atoms with van der Waals surface area (Å²) in [6, 6.07) is 6.47. The summed E-state index contributed by atoms with van der Waals surface area (Å²) >= 11 is 0. The molecule has 0 fully saturated rings. The molecule has 0 heterocycles. The van der Waals surface area contributed by atoms with Gasteiger partial charge in [-0.3, -0.25) is 0 Å². The van der Waals surface area contributed by atoms with Crippen molar-refractivity contribution < 1.29 is 8.42 Å². The van der Waals surface area contributed by atoms with Crippen molar-refractivity contribution in [1.29, 1.82) is 0 Å². The molecule has 0 saturated heterocycles. The zero-order valence-electron chi connectivity index (χ0n) is 7.32. The van der Waals surface area contributed by atoms with Gasteiger partial charge in [0.25, 0.3) is 0 Å². The third kappa shape index (κ3) is 1.89. The minimum absolute atomic E-state index is 0.186. The Morgan fingerprint density at radius 2 is 1.77 bits per heavy atom. The predicted octanol–water partition coefficient (Wildman–Crippen LogP) is 1.20. The van der Waals surface area contributed by atoms with Crippen LogP contribution in [0.4, 0.5) is 0 Å². The molecule has 0 saturated carbocycles. The number of nitrogens with two attached hydrogens (primary N) is 1. The van der Waals surface area contributed by atoms with Gasteiger partial charge in [-0.1, -0.05) is 24.3 Å². The summed E-state index contributed by atoms with van der Waals surface area (Å²) in [6.45, 7) is 5.10. The first-order valence-corrected chi connectivity index (χ1v) is 5.19. The van der Waals surface area contributed by atoms with Crippen molar-refractivity contribution >= 4 is 9.84 Å². The second kappa shape index (κ2) is 3.22. The number of benzene rings is 1. The van der Waals surface area contributed by atoms with Crippen LogP contribution in [0.25, 0.3) is 0 Å². The number of aryl methyl sites for hydroxylation is 1. The Balaban J connectivity index is 3.25. The first kappa shape index (κ1) is 9.80. The maximum absolute atomic E-state index is 11.4. The minimum Gasteiger partial charge on any atom is -0.390 e. The third-order valence-corrected chi connectivity index (χ3v) is 3.26. The average molecular weight is 197 g/mol. The van der Waals surface area contributed by atoms with Crippen molar-refractivity contribution in [3.63, 3.8) is 0 Å². The molecule has 1 aromatic carbocycles. The summed E-state index contributed by atoms with van der Waals surface area (Å²) in [4.78, 5) is 0.186. The zero-order chi connectivity index (χ0) is 10.1. The number of hydrogen-bond acceptors (Lipinski definition) is 3. The average Bonchev–Trinajstić information content (AvgIpc) is 2.04. The van der Waals surface area contributed by atoms with Gasteiger partial charge in [-0.15, -0.1) is 0 Å². The normalized spacial score (nSPS) is 11.2. The summed E-state index contributed by atoms with van der Waals surface area (Å²) in [5.74, 6) is 0. The number of sulfone groups is 1. The van der Waals surface area contributed by atoms with Crippen molar-refractivity contribution in [2.24, 2.45) is 5.73 Å². The van der Waals surface area contributed by atoms with Crippen LogP contribution in [0.3, 0.4) is 0 Å². The molecule has 0 aromatic heterocycles. The Morgan fingerprint density at radius 3 is 2.15 bits per heavy atom. The van der Waals surface area contributed by atoms with E-state index in [-0.39, 0.29) is 9.92 Å². The minimum atomic E-state index is -3.51. The standard InChI is InChI=1S/C9H11NO2S/c1-7-3-5-9(6-4-7)13(11,12)8(2)10/h3-6H,2,10H2,1H3. The van der Waals surface area contributed by atoms with Crippen LogP contribution in [0.5, 0.6) is 0 Å². The van der Waals surface area contributed by atoms with E-state index in [4.69, 9.17) is 5.73 Å². The second-order valence-electron chi connectivity index (χ2n) is 2.78. The molecule has 4 heteroatoms. The molecule has 2 N–H and O–H groups in total. The van der Waals surface area contributed by atoms with E-state index in [0.29, 0.717) is 0 Å². The largest absolute Gasteiger partial charge is 0.390 e. The van der Waals surface area contributed by atoms with Gasteiger partial charge in [0.15, 0.2) is 0 Å². The van der Waals surface area contributed by atoms with Crippen molar-refractivity contribution in [3.8, 4) is 0 Å². The fourth-order valence-electron chi connectivity index (χ4n) is 0.869. The van der Waals surface area contributed by atoms with E-state index in [0.717, 1.165) is 5.56 Å². The Hall–Kier alpha value is -1.29. The number of hydrogen-bond donors (Lipinski definition) is 1. The van der Waals surface area contributed by atoms with Crippen LogP contribution >= 0.6 is 0 Å². The lowest BCUT2D eigenvalue weighted by Crippen LogP contribution is -2.10. The highest BCUT2D eigenvalue weighted by molar-refractivity contribution is 7.95. The highest BCUT2D eigenvalue weighted by atomic mass is 32.2. The highest BCUT2D eigenvalue weighted by Crippen LogP contribution is 2.14. The van der Waals surface area contributed by atoms with E-state index in [2.05, 4.69) is 6.58 Å². The van der Waals surface area contributed by atoms with Crippen LogP contribution in [-0.2, 0) is 9.84 Å². The fourth-order valence-corrected chi connectivity index (χ4v) is 1.67. The molecule has 70 valence electrons. The van der Waals surface area contributed by atoms with Crippen LogP contribution in [0, 0.1) is 6.92 Å². The van der Waals surface area contributed by atoms with E-state index in [1.54, 1.807) is 12.1 Å². The molecule has 1 aromatic rings. The summed E-state index contributed by atoms with van der Waals surface area (Å²) in [5, 5.41) is -0.323. The quantitative estimate of drug-likeness (QED) is 0.775. The molecule has 0 atom stereocenters. The molecule has 0 unspecified atom stereocenters. The van der Waals surface area contributed by atoms with Crippen LogP contribution in [0.1, 0.15) is 5.56 Å². The Morgan fingerprint density at radius 1 is 1.31 bits per heavy atom. The van der Waals surface area contributed by atoms with Crippen molar-refractivity contribution in [2.45, 2.75) is 11.8 Å². The van der Waals surface area contributed by atoms with E-state index in [9.17, 15) is 8.42 Å². The Bertz CT molecular complexity index is 417. The summed E-state index contributed by atoms with van der Waals surface area (Å²) in [5.41, 5.74) is 6.16. The van der Waals surface area contributed by atoms with E-state index >= 15 is 0 Å². The topological polar surface area (TPSA) is 60.2 Å². The van der Waals surface area contributed by atoms with Gasteiger partial charge in [-0.25, -0.2) is 8.42 Å². The van der Waals surface area contributed by atoms with E-state index in [1.807, 2.05) is 6.92 Å². The van der Waals surface area contributed by atoms with Gasteiger partial charge in [-0.2, -0.15) is 0 Å². The summed E-state index contributed by atoms with van der Waals surface area (Å²) in [7, 11) is -3.51. The maximum Gasteiger partial charge on any atom is 0.220 e. The molecule has 0 spiro atoms. The van der Waals surface area contributed by atoms with Gasteiger partial charge in [0.1, 0.15) is 5.03 Å². The van der Waals surface area contributed by atoms with Gasteiger partial charge in [-0.05, 0) is 19.1 Å². The molecule has 0 bridgehead atoms. The lowest BCUT2D eigenvalue weighted by molar-refractivity contribution is 0.601. The Labute approximate surface area is 77.8 Å². The molecule has 1 rings (SSSR count). The van der Waals surface area contributed by atoms with Gasteiger partial charge >= 0.3 is 0 Å². The fraction of sp³-hybridized carbons (Fsp3) is 0.111. The monoisotopic (exact) mass is 197 g/mol. The molecule has 0 aliphatic rings. The third-order valence-electron chi connectivity index (χ3n) is 1.68. The van der Waals surface area contributed by atoms with Crippen molar-refractivity contribution in [2.75, 3.05) is 0 Å². The van der Waals surface area contributed by atoms with E-state index in [1.165, 1.54) is 12.1 Å². The van der Waals surface area contributed by atoms with Gasteiger partial charge in [0.05, 0.1) is 4.90 Å². The molecule has 13 heavy (non-hydrogen) atoms. The first-order valence-electron chi connectivity index (χ1n) is 3.71. The zero-order valence-corrected chi connectivity index (χ0v) is 8.14. The van der Waals surface area contributed by atoms with Crippen molar-refractivity contribution in [1.82, 2.24) is 0 Å². The van der Waals surface area contributed by atoms with Crippen LogP contribution in [0.2, 0.25) is 0 Å². The van der Waals surface area contributed by atoms with Crippen LogP contribution < -0.4 is 5.73 Å². The molecule has 0 aliphatic carbocycles. The molecular formula is C9H11NO2S. The first-order chi connectivity index (χ1) is 5.94. The summed E-state index contributed by atoms with van der Waals surface area (Å²) in [6.07, 6.45) is 0. The highest BCUT2D eigenvalue weighted by Gasteiger charge is 2.14. The van der Waals surface area contributed by atoms with Crippen molar-refractivity contribution in [3.05, 3.63) is 41.4 Å². The van der Waals surface area contributed by atoms with E-state index < -0.39 is 9.84 Å². The smallest absolute Gasteiger partial charge is 0.220 e. The lowest BCUT2D eigenvalue weighted by atomic mass is 10.2. The van der Waals surface area contributed by atoms with Crippen LogP contribution in [-0.4, -0.2) is 8.42 Å². The Kier molecular flexibility index (Phi) is 2.43. The molecule has 0 aliphatic heterocycles. The lowest BCUT2D eigenvalue weighted by Gasteiger charge is -2.02. The summed E-state index contributed by atoms with van der Waals surface area (Å²) < 4.78 is 22.8. The molecule has 0 amide bonds. The van der Waals surface area contributed by atoms with Gasteiger partial charge in [0.2, 0.25) is 9.84 Å². The SMILES string of the molecule is C=C(N)S(=O)(=O)c1ccc(C)cc1. The van der Waals surface area contributed by atoms with Crippen LogP contribution in [0.15, 0.2) is 40.8 Å². The van der Waals surface area contributed by atoms with Gasteiger partial charge in [0, 0.05) is 0 Å². The predicted molar refractivity (Wildman–Crippen MR) is 51.7 cm³/mol. The van der Waals surface area contributed by atoms with Gasteiger partial charge < -0.3 is 5.73 Å².